The Kier molecular flexibility index (Phi) is 3.85. The van der Waals surface area contributed by atoms with Crippen molar-refractivity contribution in [2.24, 2.45) is 5.73 Å². The van der Waals surface area contributed by atoms with Gasteiger partial charge in [-0.2, -0.15) is 0 Å². The standard InChI is InChI=1S/C20H23N5O2/c1-10-4-5-15(26)11(2)17(10)25-18(21)16(19(22)27)13-8-12-9-24(3)7-6-14(12)23-20(13)25/h4-5,8,26H,6-7,9,21H2,1-3H3,(H2,22,27). The van der Waals surface area contributed by atoms with Crippen molar-refractivity contribution in [3.05, 3.63) is 46.1 Å². The lowest BCUT2D eigenvalue weighted by molar-refractivity contribution is 0.100. The predicted molar refractivity (Wildman–Crippen MR) is 105 cm³/mol. The minimum atomic E-state index is -0.586. The SMILES string of the molecule is Cc1ccc(O)c(C)c1-n1c(N)c(C(N)=O)c2cc3c(nc21)CCN(C)C3. The number of primary amides is 1. The van der Waals surface area contributed by atoms with E-state index in [-0.39, 0.29) is 17.1 Å². The molecule has 0 fully saturated rings. The summed E-state index contributed by atoms with van der Waals surface area (Å²) in [6.45, 7) is 5.45. The molecule has 0 atom stereocenters. The molecule has 0 unspecified atom stereocenters. The highest BCUT2D eigenvalue weighted by molar-refractivity contribution is 6.11. The zero-order valence-corrected chi connectivity index (χ0v) is 15.7. The van der Waals surface area contributed by atoms with E-state index in [1.807, 2.05) is 26.0 Å². The fourth-order valence-electron chi connectivity index (χ4n) is 3.97. The van der Waals surface area contributed by atoms with E-state index >= 15 is 0 Å². The topological polar surface area (TPSA) is 110 Å². The quantitative estimate of drug-likeness (QED) is 0.643. The molecule has 1 aliphatic heterocycles. The number of phenolic OH excluding ortho intramolecular Hbond substituents is 1. The molecular formula is C20H23N5O2. The van der Waals surface area contributed by atoms with E-state index in [1.54, 1.807) is 10.6 Å². The second kappa shape index (κ2) is 5.99. The van der Waals surface area contributed by atoms with Crippen molar-refractivity contribution in [1.82, 2.24) is 14.5 Å². The Morgan fingerprint density at radius 1 is 1.30 bits per heavy atom. The average Bonchev–Trinajstić information content (AvgIpc) is 2.88. The summed E-state index contributed by atoms with van der Waals surface area (Å²) >= 11 is 0. The van der Waals surface area contributed by atoms with Crippen LogP contribution in [0.15, 0.2) is 18.2 Å². The van der Waals surface area contributed by atoms with Gasteiger partial charge in [-0.05, 0) is 44.2 Å². The van der Waals surface area contributed by atoms with Crippen LogP contribution >= 0.6 is 0 Å². The van der Waals surface area contributed by atoms with Gasteiger partial charge in [0.2, 0.25) is 0 Å². The number of phenols is 1. The Morgan fingerprint density at radius 3 is 2.74 bits per heavy atom. The summed E-state index contributed by atoms with van der Waals surface area (Å²) < 4.78 is 1.75. The monoisotopic (exact) mass is 365 g/mol. The molecule has 7 nitrogen and oxygen atoms in total. The first-order chi connectivity index (χ1) is 12.8. The van der Waals surface area contributed by atoms with Crippen LogP contribution in [0.1, 0.15) is 32.7 Å². The van der Waals surface area contributed by atoms with Crippen LogP contribution in [0, 0.1) is 13.8 Å². The van der Waals surface area contributed by atoms with Gasteiger partial charge in [-0.1, -0.05) is 6.07 Å². The number of rotatable bonds is 2. The minimum Gasteiger partial charge on any atom is -0.508 e. The molecule has 1 amide bonds. The van der Waals surface area contributed by atoms with E-state index in [0.29, 0.717) is 16.6 Å². The Labute approximate surface area is 157 Å². The zero-order valence-electron chi connectivity index (χ0n) is 15.7. The smallest absolute Gasteiger partial charge is 0.253 e. The van der Waals surface area contributed by atoms with E-state index < -0.39 is 5.91 Å². The molecule has 5 N–H and O–H groups in total. The van der Waals surface area contributed by atoms with Crippen molar-refractivity contribution in [2.75, 3.05) is 19.3 Å². The number of aromatic nitrogens is 2. The molecule has 3 aromatic rings. The summed E-state index contributed by atoms with van der Waals surface area (Å²) in [6, 6.07) is 5.45. The fraction of sp³-hybridized carbons (Fsp3) is 0.300. The van der Waals surface area contributed by atoms with Gasteiger partial charge in [0.05, 0.1) is 11.3 Å². The second-order valence-electron chi connectivity index (χ2n) is 7.29. The number of amides is 1. The first kappa shape index (κ1) is 17.4. The lowest BCUT2D eigenvalue weighted by atomic mass is 10.0. The third kappa shape index (κ3) is 2.54. The highest BCUT2D eigenvalue weighted by Gasteiger charge is 2.26. The Hall–Kier alpha value is -3.06. The van der Waals surface area contributed by atoms with Crippen molar-refractivity contribution in [1.29, 1.82) is 0 Å². The Bertz CT molecular complexity index is 1100. The summed E-state index contributed by atoms with van der Waals surface area (Å²) in [5.74, 6) is -0.174. The van der Waals surface area contributed by atoms with Crippen molar-refractivity contribution in [3.8, 4) is 11.4 Å². The summed E-state index contributed by atoms with van der Waals surface area (Å²) in [4.78, 5) is 19.3. The highest BCUT2D eigenvalue weighted by Crippen LogP contribution is 2.36. The number of carbonyl (C=O) groups is 1. The number of hydrogen-bond acceptors (Lipinski definition) is 5. The van der Waals surface area contributed by atoms with Crippen LogP contribution in [0.4, 0.5) is 5.82 Å². The van der Waals surface area contributed by atoms with Gasteiger partial charge in [0.15, 0.2) is 0 Å². The molecule has 140 valence electrons. The van der Waals surface area contributed by atoms with Gasteiger partial charge in [0, 0.05) is 36.2 Å². The van der Waals surface area contributed by atoms with Crippen LogP contribution in [0.3, 0.4) is 0 Å². The molecule has 0 bridgehead atoms. The van der Waals surface area contributed by atoms with Gasteiger partial charge in [0.1, 0.15) is 17.2 Å². The number of benzene rings is 1. The number of carbonyl (C=O) groups excluding carboxylic acids is 1. The van der Waals surface area contributed by atoms with Crippen molar-refractivity contribution in [2.45, 2.75) is 26.8 Å². The van der Waals surface area contributed by atoms with Crippen LogP contribution in [-0.2, 0) is 13.0 Å². The molecule has 7 heteroatoms. The van der Waals surface area contributed by atoms with E-state index in [2.05, 4.69) is 11.9 Å². The number of hydrogen-bond donors (Lipinski definition) is 3. The minimum absolute atomic E-state index is 0.164. The molecule has 0 radical (unpaired) electrons. The number of fused-ring (bicyclic) bond motifs is 2. The van der Waals surface area contributed by atoms with Gasteiger partial charge in [-0.15, -0.1) is 0 Å². The molecule has 2 aromatic heterocycles. The normalized spacial score (nSPS) is 14.5. The lowest BCUT2D eigenvalue weighted by Crippen LogP contribution is -2.27. The zero-order chi connectivity index (χ0) is 19.5. The number of anilines is 1. The first-order valence-corrected chi connectivity index (χ1v) is 8.90. The molecule has 0 aliphatic carbocycles. The second-order valence-corrected chi connectivity index (χ2v) is 7.29. The number of nitrogens with zero attached hydrogens (tertiary/aromatic N) is 3. The highest BCUT2D eigenvalue weighted by atomic mass is 16.3. The lowest BCUT2D eigenvalue weighted by Gasteiger charge is -2.24. The van der Waals surface area contributed by atoms with E-state index in [0.717, 1.165) is 42.0 Å². The van der Waals surface area contributed by atoms with Gasteiger partial charge in [0.25, 0.3) is 5.91 Å². The maximum absolute atomic E-state index is 12.2. The molecule has 4 rings (SSSR count). The van der Waals surface area contributed by atoms with Crippen molar-refractivity contribution < 1.29 is 9.90 Å². The molecule has 0 spiro atoms. The third-order valence-corrected chi connectivity index (χ3v) is 5.39. The molecule has 3 heterocycles. The van der Waals surface area contributed by atoms with E-state index in [1.165, 1.54) is 0 Å². The summed E-state index contributed by atoms with van der Waals surface area (Å²) in [5, 5.41) is 10.9. The maximum Gasteiger partial charge on any atom is 0.253 e. The average molecular weight is 365 g/mol. The molecule has 1 aromatic carbocycles. The van der Waals surface area contributed by atoms with Gasteiger partial charge >= 0.3 is 0 Å². The number of aromatic hydroxyl groups is 1. The predicted octanol–water partition coefficient (Wildman–Crippen LogP) is 2.02. The Morgan fingerprint density at radius 2 is 2.04 bits per heavy atom. The van der Waals surface area contributed by atoms with Crippen LogP contribution in [0.25, 0.3) is 16.7 Å². The molecule has 0 saturated carbocycles. The molecule has 27 heavy (non-hydrogen) atoms. The van der Waals surface area contributed by atoms with Crippen LogP contribution < -0.4 is 11.5 Å². The van der Waals surface area contributed by atoms with Crippen LogP contribution in [0.5, 0.6) is 5.75 Å². The first-order valence-electron chi connectivity index (χ1n) is 8.90. The number of nitrogen functional groups attached to an aromatic ring is 1. The summed E-state index contributed by atoms with van der Waals surface area (Å²) in [7, 11) is 2.06. The Balaban J connectivity index is 2.12. The molecule has 1 aliphatic rings. The number of likely N-dealkylation sites (N-methyl/N-ethyl adjacent to an activating group) is 1. The van der Waals surface area contributed by atoms with Gasteiger partial charge in [-0.25, -0.2) is 4.98 Å². The van der Waals surface area contributed by atoms with Crippen LogP contribution in [0.2, 0.25) is 0 Å². The maximum atomic E-state index is 12.2. The van der Waals surface area contributed by atoms with E-state index in [9.17, 15) is 9.90 Å². The summed E-state index contributed by atoms with van der Waals surface area (Å²) in [6.07, 6.45) is 0.830. The van der Waals surface area contributed by atoms with Crippen LogP contribution in [-0.4, -0.2) is 39.1 Å². The van der Waals surface area contributed by atoms with Crippen molar-refractivity contribution in [3.63, 3.8) is 0 Å². The molecular weight excluding hydrogens is 342 g/mol. The third-order valence-electron chi connectivity index (χ3n) is 5.39. The summed E-state index contributed by atoms with van der Waals surface area (Å²) in [5.41, 5.74) is 17.3. The van der Waals surface area contributed by atoms with Gasteiger partial charge < -0.3 is 21.5 Å². The van der Waals surface area contributed by atoms with Gasteiger partial charge in [-0.3, -0.25) is 9.36 Å². The number of pyridine rings is 1. The number of nitrogens with two attached hydrogens (primary N) is 2. The largest absolute Gasteiger partial charge is 0.508 e. The fourth-order valence-corrected chi connectivity index (χ4v) is 3.97. The molecule has 0 saturated heterocycles. The number of aryl methyl sites for hydroxylation is 1. The van der Waals surface area contributed by atoms with E-state index in [4.69, 9.17) is 16.5 Å². The van der Waals surface area contributed by atoms with Crippen molar-refractivity contribution >= 4 is 22.8 Å².